The first-order valence-corrected chi connectivity index (χ1v) is 12.2. The average Bonchev–Trinajstić information content (AvgIpc) is 2.92. The summed E-state index contributed by atoms with van der Waals surface area (Å²) < 4.78 is 6.03. The first-order valence-electron chi connectivity index (χ1n) is 12.2. The largest absolute Gasteiger partial charge is 0.366 e. The highest BCUT2D eigenvalue weighted by Gasteiger charge is 2.33. The molecule has 0 saturated carbocycles. The van der Waals surface area contributed by atoms with Crippen molar-refractivity contribution in [2.45, 2.75) is 32.2 Å². The molecule has 1 amide bonds. The van der Waals surface area contributed by atoms with Crippen LogP contribution in [0.25, 0.3) is 10.9 Å². The van der Waals surface area contributed by atoms with Crippen molar-refractivity contribution >= 4 is 16.8 Å². The molecule has 35 heavy (non-hydrogen) atoms. The molecule has 1 aliphatic rings. The lowest BCUT2D eigenvalue weighted by Gasteiger charge is -2.37. The Hall–Kier alpha value is -3.54. The van der Waals surface area contributed by atoms with Gasteiger partial charge in [0.15, 0.2) is 0 Å². The smallest absolute Gasteiger partial charge is 0.253 e. The van der Waals surface area contributed by atoms with E-state index in [9.17, 15) is 4.79 Å². The molecule has 178 valence electrons. The molecule has 0 spiro atoms. The van der Waals surface area contributed by atoms with E-state index in [-0.39, 0.29) is 11.9 Å². The molecule has 0 aliphatic carbocycles. The van der Waals surface area contributed by atoms with Gasteiger partial charge in [0.2, 0.25) is 0 Å². The molecule has 2 heterocycles. The lowest BCUT2D eigenvalue weighted by molar-refractivity contribution is -0.152. The molecular formula is C30H31N3O2. The lowest BCUT2D eigenvalue weighted by atomic mass is 10.0. The molecule has 1 aromatic heterocycles. The number of carbonyl (C=O) groups is 1. The molecule has 1 saturated heterocycles. The van der Waals surface area contributed by atoms with E-state index in [2.05, 4.69) is 65.3 Å². The van der Waals surface area contributed by atoms with Crippen LogP contribution in [-0.2, 0) is 22.6 Å². The third-order valence-corrected chi connectivity index (χ3v) is 6.71. The Kier molecular flexibility index (Phi) is 7.17. The van der Waals surface area contributed by atoms with Gasteiger partial charge < -0.3 is 9.64 Å². The molecule has 0 radical (unpaired) electrons. The van der Waals surface area contributed by atoms with Gasteiger partial charge in [-0.2, -0.15) is 0 Å². The van der Waals surface area contributed by atoms with Gasteiger partial charge in [-0.25, -0.2) is 0 Å². The lowest BCUT2D eigenvalue weighted by Crippen LogP contribution is -2.51. The molecule has 5 heteroatoms. The Balaban J connectivity index is 1.38. The summed E-state index contributed by atoms with van der Waals surface area (Å²) in [6, 6.07) is 30.7. The van der Waals surface area contributed by atoms with E-state index in [1.165, 1.54) is 5.56 Å². The van der Waals surface area contributed by atoms with Crippen molar-refractivity contribution in [1.29, 1.82) is 0 Å². The van der Waals surface area contributed by atoms with Crippen LogP contribution in [0.4, 0.5) is 0 Å². The molecule has 0 N–H and O–H groups in total. The number of hydrogen-bond acceptors (Lipinski definition) is 4. The quantitative estimate of drug-likeness (QED) is 0.375. The number of amides is 1. The summed E-state index contributed by atoms with van der Waals surface area (Å²) in [7, 11) is 0. The number of nitrogens with zero attached hydrogens (tertiary/aromatic N) is 3. The van der Waals surface area contributed by atoms with E-state index in [4.69, 9.17) is 4.74 Å². The van der Waals surface area contributed by atoms with E-state index in [1.54, 1.807) is 0 Å². The Bertz CT molecular complexity index is 1260. The van der Waals surface area contributed by atoms with Gasteiger partial charge in [0.1, 0.15) is 6.10 Å². The maximum absolute atomic E-state index is 13.9. The van der Waals surface area contributed by atoms with E-state index in [0.717, 1.165) is 35.1 Å². The van der Waals surface area contributed by atoms with Crippen LogP contribution >= 0.6 is 0 Å². The minimum absolute atomic E-state index is 0.0206. The maximum Gasteiger partial charge on any atom is 0.253 e. The third kappa shape index (κ3) is 5.59. The number of carbonyl (C=O) groups excluding carboxylic acids is 1. The molecule has 5 nitrogen and oxygen atoms in total. The van der Waals surface area contributed by atoms with Crippen molar-refractivity contribution in [2.75, 3.05) is 19.7 Å². The minimum Gasteiger partial charge on any atom is -0.366 e. The highest BCUT2D eigenvalue weighted by molar-refractivity contribution is 5.82. The molecule has 4 aromatic rings. The topological polar surface area (TPSA) is 45.7 Å². The molecule has 1 fully saturated rings. The van der Waals surface area contributed by atoms with Gasteiger partial charge in [-0.1, -0.05) is 78.9 Å². The Morgan fingerprint density at radius 2 is 1.71 bits per heavy atom. The fourth-order valence-electron chi connectivity index (χ4n) is 4.74. The Morgan fingerprint density at radius 1 is 1.00 bits per heavy atom. The summed E-state index contributed by atoms with van der Waals surface area (Å²) in [5, 5.41) is 1.08. The van der Waals surface area contributed by atoms with Crippen molar-refractivity contribution in [3.05, 3.63) is 114 Å². The summed E-state index contributed by atoms with van der Waals surface area (Å²) in [6.07, 6.45) is 1.39. The van der Waals surface area contributed by atoms with E-state index in [1.807, 2.05) is 53.6 Å². The minimum atomic E-state index is -0.493. The predicted molar refractivity (Wildman–Crippen MR) is 139 cm³/mol. The van der Waals surface area contributed by atoms with Crippen molar-refractivity contribution in [3.63, 3.8) is 0 Å². The third-order valence-electron chi connectivity index (χ3n) is 6.71. The van der Waals surface area contributed by atoms with E-state index >= 15 is 0 Å². The zero-order valence-corrected chi connectivity index (χ0v) is 20.1. The first kappa shape index (κ1) is 23.2. The van der Waals surface area contributed by atoms with Gasteiger partial charge in [-0.05, 0) is 35.7 Å². The number of para-hydroxylation sites is 1. The number of aromatic nitrogens is 1. The van der Waals surface area contributed by atoms with E-state index < -0.39 is 6.10 Å². The van der Waals surface area contributed by atoms with Crippen LogP contribution in [0.5, 0.6) is 0 Å². The molecule has 2 atom stereocenters. The standard InChI is InChI=1S/C30H31N3O2/c1-23(26-12-6-3-7-13-26)33(21-25-18-27-14-8-9-15-28(27)31-19-25)30(34)29-22-32(16-17-35-29)20-24-10-4-2-5-11-24/h2-15,18-19,23,29H,16-17,20-22H2,1H3. The number of rotatable bonds is 7. The van der Waals surface area contributed by atoms with E-state index in [0.29, 0.717) is 19.7 Å². The van der Waals surface area contributed by atoms with Gasteiger partial charge >= 0.3 is 0 Å². The molecule has 5 rings (SSSR count). The summed E-state index contributed by atoms with van der Waals surface area (Å²) in [4.78, 5) is 22.8. The Labute approximate surface area is 207 Å². The van der Waals surface area contributed by atoms with Crippen LogP contribution in [0.2, 0.25) is 0 Å². The highest BCUT2D eigenvalue weighted by Crippen LogP contribution is 2.26. The summed E-state index contributed by atoms with van der Waals surface area (Å²) in [6.45, 7) is 5.34. The number of pyridine rings is 1. The van der Waals surface area contributed by atoms with Gasteiger partial charge in [0.25, 0.3) is 5.91 Å². The number of fused-ring (bicyclic) bond motifs is 1. The normalized spacial score (nSPS) is 17.2. The van der Waals surface area contributed by atoms with Crippen molar-refractivity contribution in [3.8, 4) is 0 Å². The molecule has 0 bridgehead atoms. The van der Waals surface area contributed by atoms with Crippen molar-refractivity contribution in [1.82, 2.24) is 14.8 Å². The fraction of sp³-hybridized carbons (Fsp3) is 0.267. The second-order valence-electron chi connectivity index (χ2n) is 9.17. The van der Waals surface area contributed by atoms with Gasteiger partial charge in [0, 0.05) is 37.8 Å². The average molecular weight is 466 g/mol. The monoisotopic (exact) mass is 465 g/mol. The van der Waals surface area contributed by atoms with Crippen LogP contribution < -0.4 is 0 Å². The van der Waals surface area contributed by atoms with Gasteiger partial charge in [-0.3, -0.25) is 14.7 Å². The summed E-state index contributed by atoms with van der Waals surface area (Å²) in [5.74, 6) is 0.0206. The summed E-state index contributed by atoms with van der Waals surface area (Å²) >= 11 is 0. The van der Waals surface area contributed by atoms with Gasteiger partial charge in [-0.15, -0.1) is 0 Å². The van der Waals surface area contributed by atoms with Crippen molar-refractivity contribution in [2.24, 2.45) is 0 Å². The predicted octanol–water partition coefficient (Wildman–Crippen LogP) is 5.23. The fourth-order valence-corrected chi connectivity index (χ4v) is 4.74. The van der Waals surface area contributed by atoms with Crippen LogP contribution in [0.3, 0.4) is 0 Å². The van der Waals surface area contributed by atoms with Crippen LogP contribution in [-0.4, -0.2) is 46.5 Å². The first-order chi connectivity index (χ1) is 17.2. The number of morpholine rings is 1. The number of hydrogen-bond donors (Lipinski definition) is 0. The zero-order valence-electron chi connectivity index (χ0n) is 20.1. The Morgan fingerprint density at radius 3 is 2.51 bits per heavy atom. The van der Waals surface area contributed by atoms with Crippen molar-refractivity contribution < 1.29 is 9.53 Å². The molecular weight excluding hydrogens is 434 g/mol. The second-order valence-corrected chi connectivity index (χ2v) is 9.17. The molecule has 2 unspecified atom stereocenters. The summed E-state index contributed by atoms with van der Waals surface area (Å²) in [5.41, 5.74) is 4.32. The highest BCUT2D eigenvalue weighted by atomic mass is 16.5. The zero-order chi connectivity index (χ0) is 24.0. The van der Waals surface area contributed by atoms with Gasteiger partial charge in [0.05, 0.1) is 18.2 Å². The SMILES string of the molecule is CC(c1ccccc1)N(Cc1cnc2ccccc2c1)C(=O)C1CN(Cc2ccccc2)CCO1. The number of ether oxygens (including phenoxy) is 1. The maximum atomic E-state index is 13.9. The number of benzene rings is 3. The molecule has 1 aliphatic heterocycles. The van der Waals surface area contributed by atoms with Crippen LogP contribution in [0, 0.1) is 0 Å². The second kappa shape index (κ2) is 10.8. The van der Waals surface area contributed by atoms with Crippen LogP contribution in [0.1, 0.15) is 29.7 Å². The molecule has 3 aromatic carbocycles. The van der Waals surface area contributed by atoms with Crippen LogP contribution in [0.15, 0.2) is 97.2 Å².